The van der Waals surface area contributed by atoms with Crippen LogP contribution in [0.3, 0.4) is 0 Å². The molecule has 0 aromatic rings. The quantitative estimate of drug-likeness (QED) is 0.576. The Balaban J connectivity index is 2.56. The molecule has 0 spiro atoms. The lowest BCUT2D eigenvalue weighted by Gasteiger charge is -2.34. The van der Waals surface area contributed by atoms with Crippen molar-refractivity contribution in [2.45, 2.75) is 64.5 Å². The van der Waals surface area contributed by atoms with Gasteiger partial charge in [0.15, 0.2) is 0 Å². The number of hydrogen-bond donors (Lipinski definition) is 0. The van der Waals surface area contributed by atoms with Crippen molar-refractivity contribution in [3.63, 3.8) is 0 Å². The van der Waals surface area contributed by atoms with E-state index in [9.17, 15) is 13.7 Å². The SMILES string of the molecule is CC(C)(C)OC(=O)N1CC[C@H](C=N[S+]([O-])C(C)(C)C)[C@H](F)C1. The Kier molecular flexibility index (Phi) is 6.27. The van der Waals surface area contributed by atoms with Gasteiger partial charge in [0.1, 0.15) is 27.9 Å². The van der Waals surface area contributed by atoms with Crippen molar-refractivity contribution in [1.82, 2.24) is 4.90 Å². The van der Waals surface area contributed by atoms with Crippen LogP contribution in [0.25, 0.3) is 0 Å². The highest BCUT2D eigenvalue weighted by atomic mass is 32.2. The topological polar surface area (TPSA) is 65.0 Å². The summed E-state index contributed by atoms with van der Waals surface area (Å²) in [4.78, 5) is 13.3. The number of rotatable bonds is 2. The number of ether oxygens (including phenoxy) is 1. The minimum Gasteiger partial charge on any atom is -0.591 e. The third kappa shape index (κ3) is 6.12. The monoisotopic (exact) mass is 334 g/mol. The molecule has 0 N–H and O–H groups in total. The maximum absolute atomic E-state index is 14.2. The van der Waals surface area contributed by atoms with Crippen molar-refractivity contribution in [2.75, 3.05) is 13.1 Å². The molecule has 0 aliphatic carbocycles. The van der Waals surface area contributed by atoms with Gasteiger partial charge in [-0.1, -0.05) is 4.40 Å². The Morgan fingerprint density at radius 1 is 1.36 bits per heavy atom. The molecule has 1 heterocycles. The number of likely N-dealkylation sites (tertiary alicyclic amines) is 1. The van der Waals surface area contributed by atoms with E-state index in [1.807, 2.05) is 20.8 Å². The van der Waals surface area contributed by atoms with Crippen LogP contribution in [0.2, 0.25) is 0 Å². The van der Waals surface area contributed by atoms with Crippen LogP contribution in [0.15, 0.2) is 4.40 Å². The maximum Gasteiger partial charge on any atom is 0.410 e. The molecule has 3 atom stereocenters. The molecule has 0 bridgehead atoms. The van der Waals surface area contributed by atoms with E-state index < -0.39 is 39.9 Å². The number of carbonyl (C=O) groups is 1. The smallest absolute Gasteiger partial charge is 0.410 e. The fraction of sp³-hybridized carbons (Fsp3) is 0.867. The minimum atomic E-state index is -1.39. The number of alkyl halides is 1. The highest BCUT2D eigenvalue weighted by molar-refractivity contribution is 7.91. The molecule has 0 aromatic heterocycles. The van der Waals surface area contributed by atoms with E-state index in [0.717, 1.165) is 0 Å². The Labute approximate surface area is 135 Å². The molecule has 1 aliphatic rings. The molecule has 1 unspecified atom stereocenters. The summed E-state index contributed by atoms with van der Waals surface area (Å²) in [5, 5.41) is 0. The van der Waals surface area contributed by atoms with E-state index in [0.29, 0.717) is 13.0 Å². The zero-order valence-corrected chi connectivity index (χ0v) is 15.1. The molecule has 128 valence electrons. The first kappa shape index (κ1) is 19.2. The predicted octanol–water partition coefficient (Wildman–Crippen LogP) is 3.11. The Morgan fingerprint density at radius 2 is 1.95 bits per heavy atom. The van der Waals surface area contributed by atoms with Crippen molar-refractivity contribution in [1.29, 1.82) is 0 Å². The van der Waals surface area contributed by atoms with Crippen molar-refractivity contribution < 1.29 is 18.5 Å². The van der Waals surface area contributed by atoms with Crippen LogP contribution in [0.5, 0.6) is 0 Å². The van der Waals surface area contributed by atoms with Gasteiger partial charge in [0.05, 0.1) is 12.8 Å². The van der Waals surface area contributed by atoms with E-state index in [1.165, 1.54) is 11.1 Å². The summed E-state index contributed by atoms with van der Waals surface area (Å²) >= 11 is -1.39. The molecule has 0 aromatic carbocycles. The van der Waals surface area contributed by atoms with Crippen molar-refractivity contribution >= 4 is 23.7 Å². The molecule has 22 heavy (non-hydrogen) atoms. The molecule has 0 saturated carbocycles. The van der Waals surface area contributed by atoms with Gasteiger partial charge in [0.25, 0.3) is 0 Å². The maximum atomic E-state index is 14.2. The van der Waals surface area contributed by atoms with Crippen LogP contribution in [-0.4, -0.2) is 51.4 Å². The Bertz CT molecular complexity index is 418. The van der Waals surface area contributed by atoms with Crippen LogP contribution < -0.4 is 0 Å². The lowest BCUT2D eigenvalue weighted by Crippen LogP contribution is -2.47. The third-order valence-electron chi connectivity index (χ3n) is 3.12. The third-order valence-corrected chi connectivity index (χ3v) is 4.48. The molecule has 7 heteroatoms. The van der Waals surface area contributed by atoms with Gasteiger partial charge in [0, 0.05) is 12.5 Å². The average molecular weight is 334 g/mol. The molecule has 0 radical (unpaired) electrons. The lowest BCUT2D eigenvalue weighted by molar-refractivity contribution is 0.0106. The van der Waals surface area contributed by atoms with E-state index in [1.54, 1.807) is 20.8 Å². The first-order valence-electron chi connectivity index (χ1n) is 7.48. The van der Waals surface area contributed by atoms with Gasteiger partial charge >= 0.3 is 6.09 Å². The van der Waals surface area contributed by atoms with Crippen molar-refractivity contribution in [2.24, 2.45) is 10.3 Å². The van der Waals surface area contributed by atoms with Gasteiger partial charge in [-0.25, -0.2) is 9.18 Å². The number of carbonyl (C=O) groups excluding carboxylic acids is 1. The summed E-state index contributed by atoms with van der Waals surface area (Å²) in [6.07, 6.45) is 0.176. The highest BCUT2D eigenvalue weighted by Gasteiger charge is 2.34. The fourth-order valence-corrected chi connectivity index (χ4v) is 2.46. The van der Waals surface area contributed by atoms with Crippen molar-refractivity contribution in [3.8, 4) is 0 Å². The van der Waals surface area contributed by atoms with Gasteiger partial charge in [-0.3, -0.25) is 0 Å². The summed E-state index contributed by atoms with van der Waals surface area (Å²) in [5.74, 6) is -0.412. The highest BCUT2D eigenvalue weighted by Crippen LogP contribution is 2.23. The lowest BCUT2D eigenvalue weighted by atomic mass is 9.96. The number of halogens is 1. The first-order valence-corrected chi connectivity index (χ1v) is 8.59. The van der Waals surface area contributed by atoms with Crippen LogP contribution in [-0.2, 0) is 16.1 Å². The van der Waals surface area contributed by atoms with E-state index in [2.05, 4.69) is 4.40 Å². The summed E-state index contributed by atoms with van der Waals surface area (Å²) in [7, 11) is 0. The van der Waals surface area contributed by atoms with Gasteiger partial charge in [-0.15, -0.1) is 0 Å². The second-order valence-corrected chi connectivity index (χ2v) is 9.44. The van der Waals surface area contributed by atoms with Crippen LogP contribution in [0.1, 0.15) is 48.0 Å². The Morgan fingerprint density at radius 3 is 2.41 bits per heavy atom. The molecular weight excluding hydrogens is 307 g/mol. The second-order valence-electron chi connectivity index (χ2n) is 7.51. The van der Waals surface area contributed by atoms with Crippen LogP contribution >= 0.6 is 0 Å². The largest absolute Gasteiger partial charge is 0.591 e. The van der Waals surface area contributed by atoms with Crippen LogP contribution in [0.4, 0.5) is 9.18 Å². The van der Waals surface area contributed by atoms with E-state index >= 15 is 0 Å². The standard InChI is InChI=1S/C15H27FN2O3S/c1-14(2,3)21-13(19)18-8-7-11(12(16)10-18)9-17-22(20)15(4,5)6/h9,11-12H,7-8,10H2,1-6H3/t11-,12-,22?/m1/s1. The summed E-state index contributed by atoms with van der Waals surface area (Å²) in [5.41, 5.74) is -0.592. The number of nitrogens with zero attached hydrogens (tertiary/aromatic N) is 2. The summed E-state index contributed by atoms with van der Waals surface area (Å²) in [6, 6.07) is 0. The minimum absolute atomic E-state index is 0.0201. The molecule has 1 fully saturated rings. The average Bonchev–Trinajstić information content (AvgIpc) is 2.33. The molecule has 1 rings (SSSR count). The summed E-state index contributed by atoms with van der Waals surface area (Å²) in [6.45, 7) is 11.2. The van der Waals surface area contributed by atoms with Crippen molar-refractivity contribution in [3.05, 3.63) is 0 Å². The van der Waals surface area contributed by atoms with E-state index in [-0.39, 0.29) is 6.54 Å². The van der Waals surface area contributed by atoms with Gasteiger partial charge < -0.3 is 14.2 Å². The normalized spacial score (nSPS) is 25.4. The predicted molar refractivity (Wildman–Crippen MR) is 87.2 cm³/mol. The Hall–Kier alpha value is -0.820. The van der Waals surface area contributed by atoms with Gasteiger partial charge in [0.2, 0.25) is 0 Å². The number of piperidine rings is 1. The molecule has 5 nitrogen and oxygen atoms in total. The summed E-state index contributed by atoms with van der Waals surface area (Å²) < 4.78 is 34.8. The molecule has 1 amide bonds. The number of hydrogen-bond acceptors (Lipinski definition) is 4. The first-order chi connectivity index (χ1) is 9.90. The second kappa shape index (κ2) is 7.17. The molecule has 1 aliphatic heterocycles. The van der Waals surface area contributed by atoms with E-state index in [4.69, 9.17) is 4.74 Å². The van der Waals surface area contributed by atoms with Crippen LogP contribution in [0, 0.1) is 5.92 Å². The molecular formula is C15H27FN2O3S. The zero-order chi connectivity index (χ0) is 17.1. The van der Waals surface area contributed by atoms with Gasteiger partial charge in [-0.05, 0) is 48.0 Å². The van der Waals surface area contributed by atoms with Gasteiger partial charge in [-0.2, -0.15) is 0 Å². The number of amides is 1. The molecule has 1 saturated heterocycles. The zero-order valence-electron chi connectivity index (χ0n) is 14.3. The fourth-order valence-electron chi connectivity index (χ4n) is 1.87.